The Labute approximate surface area is 97.4 Å². The van der Waals surface area contributed by atoms with Crippen LogP contribution in [-0.2, 0) is 13.1 Å². The Morgan fingerprint density at radius 2 is 2.38 bits per heavy atom. The maximum atomic E-state index is 5.85. The summed E-state index contributed by atoms with van der Waals surface area (Å²) in [6.07, 6.45) is 4.57. The molecule has 2 N–H and O–H groups in total. The van der Waals surface area contributed by atoms with E-state index in [4.69, 9.17) is 5.73 Å². The minimum Gasteiger partial charge on any atom is -0.329 e. The van der Waals surface area contributed by atoms with Crippen LogP contribution in [0.5, 0.6) is 0 Å². The van der Waals surface area contributed by atoms with E-state index in [1.807, 2.05) is 6.20 Å². The van der Waals surface area contributed by atoms with E-state index in [-0.39, 0.29) is 0 Å². The summed E-state index contributed by atoms with van der Waals surface area (Å²) in [5, 5.41) is 4.29. The van der Waals surface area contributed by atoms with Gasteiger partial charge in [-0.1, -0.05) is 0 Å². The molecule has 1 aromatic rings. The molecule has 1 heterocycles. The smallest absolute Gasteiger partial charge is 0.0524 e. The van der Waals surface area contributed by atoms with E-state index in [0.717, 1.165) is 25.6 Å². The molecule has 4 nitrogen and oxygen atoms in total. The first-order valence-corrected chi connectivity index (χ1v) is 6.17. The zero-order valence-corrected chi connectivity index (χ0v) is 10.3. The second-order valence-corrected chi connectivity index (χ2v) is 4.69. The molecule has 1 saturated carbocycles. The van der Waals surface area contributed by atoms with E-state index in [0.29, 0.717) is 6.04 Å². The van der Waals surface area contributed by atoms with Crippen LogP contribution in [0.2, 0.25) is 0 Å². The lowest BCUT2D eigenvalue weighted by Gasteiger charge is -2.27. The summed E-state index contributed by atoms with van der Waals surface area (Å²) in [7, 11) is 2.17. The van der Waals surface area contributed by atoms with Crippen LogP contribution in [0.1, 0.15) is 25.5 Å². The van der Waals surface area contributed by atoms with Crippen LogP contribution in [0.4, 0.5) is 0 Å². The van der Waals surface area contributed by atoms with Gasteiger partial charge in [0, 0.05) is 31.9 Å². The maximum Gasteiger partial charge on any atom is 0.0524 e. The molecule has 1 fully saturated rings. The van der Waals surface area contributed by atoms with Crippen LogP contribution in [-0.4, -0.2) is 34.3 Å². The van der Waals surface area contributed by atoms with Crippen molar-refractivity contribution in [3.63, 3.8) is 0 Å². The summed E-state index contributed by atoms with van der Waals surface area (Å²) in [6, 6.07) is 2.64. The normalized spacial score (nSPS) is 18.0. The van der Waals surface area contributed by atoms with E-state index < -0.39 is 0 Å². The Kier molecular flexibility index (Phi) is 3.61. The van der Waals surface area contributed by atoms with Gasteiger partial charge in [-0.2, -0.15) is 5.10 Å². The van der Waals surface area contributed by atoms with Gasteiger partial charge in [-0.15, -0.1) is 0 Å². The predicted octanol–water partition coefficient (Wildman–Crippen LogP) is 1.07. The molecule has 0 aromatic carbocycles. The van der Waals surface area contributed by atoms with Gasteiger partial charge < -0.3 is 5.73 Å². The lowest BCUT2D eigenvalue weighted by Crippen LogP contribution is -2.39. The third-order valence-electron chi connectivity index (χ3n) is 3.49. The highest BCUT2D eigenvalue weighted by Gasteiger charge is 2.32. The molecule has 0 amide bonds. The first-order chi connectivity index (χ1) is 7.76. The predicted molar refractivity (Wildman–Crippen MR) is 64.9 cm³/mol. The van der Waals surface area contributed by atoms with E-state index >= 15 is 0 Å². The Morgan fingerprint density at radius 3 is 2.94 bits per heavy atom. The lowest BCUT2D eigenvalue weighted by atomic mass is 10.1. The summed E-state index contributed by atoms with van der Waals surface area (Å²) in [4.78, 5) is 2.38. The number of nitrogens with zero attached hydrogens (tertiary/aromatic N) is 3. The highest BCUT2D eigenvalue weighted by atomic mass is 15.3. The number of rotatable bonds is 6. The fraction of sp³-hybridized carbons (Fsp3) is 0.750. The number of aryl methyl sites for hydroxylation is 1. The van der Waals surface area contributed by atoms with Gasteiger partial charge in [0.25, 0.3) is 0 Å². The van der Waals surface area contributed by atoms with Gasteiger partial charge in [-0.05, 0) is 38.8 Å². The van der Waals surface area contributed by atoms with Gasteiger partial charge in [0.2, 0.25) is 0 Å². The van der Waals surface area contributed by atoms with E-state index in [9.17, 15) is 0 Å². The van der Waals surface area contributed by atoms with Gasteiger partial charge in [0.15, 0.2) is 0 Å². The van der Waals surface area contributed by atoms with E-state index in [1.54, 1.807) is 0 Å². The molecule has 0 spiro atoms. The van der Waals surface area contributed by atoms with E-state index in [2.05, 4.69) is 34.7 Å². The van der Waals surface area contributed by atoms with Gasteiger partial charge in [-0.25, -0.2) is 0 Å². The topological polar surface area (TPSA) is 47.1 Å². The second-order valence-electron chi connectivity index (χ2n) is 4.69. The van der Waals surface area contributed by atoms with Crippen LogP contribution in [0.3, 0.4) is 0 Å². The summed E-state index contributed by atoms with van der Waals surface area (Å²) in [5.74, 6) is 0.827. The monoisotopic (exact) mass is 222 g/mol. The minimum absolute atomic E-state index is 0.542. The number of likely N-dealkylation sites (N-methyl/N-ethyl adjacent to an activating group) is 1. The third kappa shape index (κ3) is 2.44. The van der Waals surface area contributed by atoms with Gasteiger partial charge in [0.05, 0.1) is 5.69 Å². The van der Waals surface area contributed by atoms with Crippen molar-refractivity contribution in [3.05, 3.63) is 18.0 Å². The quantitative estimate of drug-likeness (QED) is 0.783. The molecular weight excluding hydrogens is 200 g/mol. The van der Waals surface area contributed by atoms with Crippen LogP contribution in [0.15, 0.2) is 12.3 Å². The number of hydrogen-bond acceptors (Lipinski definition) is 3. The Hall–Kier alpha value is -0.870. The summed E-state index contributed by atoms with van der Waals surface area (Å²) in [6.45, 7) is 4.78. The molecule has 2 rings (SSSR count). The van der Waals surface area contributed by atoms with E-state index in [1.165, 1.54) is 18.5 Å². The van der Waals surface area contributed by atoms with Crippen LogP contribution in [0, 0.1) is 5.92 Å². The zero-order valence-electron chi connectivity index (χ0n) is 10.3. The molecule has 1 unspecified atom stereocenters. The van der Waals surface area contributed by atoms with Crippen molar-refractivity contribution in [2.45, 2.75) is 38.9 Å². The van der Waals surface area contributed by atoms with Crippen LogP contribution >= 0.6 is 0 Å². The van der Waals surface area contributed by atoms with Gasteiger partial charge in [0.1, 0.15) is 0 Å². The van der Waals surface area contributed by atoms with Crippen molar-refractivity contribution in [2.75, 3.05) is 13.6 Å². The number of nitrogens with two attached hydrogens (primary N) is 1. The Morgan fingerprint density at radius 1 is 1.62 bits per heavy atom. The number of hydrogen-bond donors (Lipinski definition) is 1. The summed E-state index contributed by atoms with van der Waals surface area (Å²) in [5.41, 5.74) is 7.13. The standard InChI is InChI=1S/C12H22N4/c1-3-16-11(6-7-14-16)9-15(2)12(8-13)10-4-5-10/h6-7,10,12H,3-5,8-9,13H2,1-2H3. The minimum atomic E-state index is 0.542. The lowest BCUT2D eigenvalue weighted by molar-refractivity contribution is 0.210. The highest BCUT2D eigenvalue weighted by Crippen LogP contribution is 2.34. The molecular formula is C12H22N4. The van der Waals surface area contributed by atoms with Crippen molar-refractivity contribution < 1.29 is 0 Å². The first-order valence-electron chi connectivity index (χ1n) is 6.17. The third-order valence-corrected chi connectivity index (χ3v) is 3.49. The molecule has 0 saturated heterocycles. The first kappa shape index (κ1) is 11.6. The van der Waals surface area contributed by atoms with Crippen molar-refractivity contribution >= 4 is 0 Å². The second kappa shape index (κ2) is 4.97. The molecule has 1 atom stereocenters. The average Bonchev–Trinajstić information content (AvgIpc) is 3.00. The molecule has 4 heteroatoms. The molecule has 0 bridgehead atoms. The molecule has 16 heavy (non-hydrogen) atoms. The maximum absolute atomic E-state index is 5.85. The van der Waals surface area contributed by atoms with Crippen molar-refractivity contribution in [1.29, 1.82) is 0 Å². The average molecular weight is 222 g/mol. The molecule has 0 radical (unpaired) electrons. The summed E-state index contributed by atoms with van der Waals surface area (Å²) < 4.78 is 2.05. The molecule has 1 aromatic heterocycles. The number of aromatic nitrogens is 2. The van der Waals surface area contributed by atoms with Crippen LogP contribution in [0.25, 0.3) is 0 Å². The largest absolute Gasteiger partial charge is 0.329 e. The van der Waals surface area contributed by atoms with Crippen LogP contribution < -0.4 is 5.73 Å². The molecule has 1 aliphatic carbocycles. The molecule has 0 aliphatic heterocycles. The summed E-state index contributed by atoms with van der Waals surface area (Å²) >= 11 is 0. The van der Waals surface area contributed by atoms with Crippen molar-refractivity contribution in [2.24, 2.45) is 11.7 Å². The Balaban J connectivity index is 1.97. The van der Waals surface area contributed by atoms with Crippen molar-refractivity contribution in [1.82, 2.24) is 14.7 Å². The SMILES string of the molecule is CCn1nccc1CN(C)C(CN)C1CC1. The van der Waals surface area contributed by atoms with Gasteiger partial charge in [-0.3, -0.25) is 9.58 Å². The molecule has 1 aliphatic rings. The zero-order chi connectivity index (χ0) is 11.5. The van der Waals surface area contributed by atoms with Gasteiger partial charge >= 0.3 is 0 Å². The Bertz CT molecular complexity index is 330. The van der Waals surface area contributed by atoms with Crippen molar-refractivity contribution in [3.8, 4) is 0 Å². The highest BCUT2D eigenvalue weighted by molar-refractivity contribution is 5.01. The fourth-order valence-corrected chi connectivity index (χ4v) is 2.37. The molecule has 90 valence electrons. The fourth-order valence-electron chi connectivity index (χ4n) is 2.37.